The van der Waals surface area contributed by atoms with Crippen LogP contribution in [0.4, 0.5) is 0 Å². The molecule has 0 aliphatic carbocycles. The molecular weight excluding hydrogens is 354 g/mol. The summed E-state index contributed by atoms with van der Waals surface area (Å²) in [4.78, 5) is 24.7. The fourth-order valence-electron chi connectivity index (χ4n) is 2.02. The van der Waals surface area contributed by atoms with Crippen LogP contribution in [-0.2, 0) is 20.7 Å². The number of carbonyl (C=O) groups is 2. The third-order valence-corrected chi connectivity index (χ3v) is 5.70. The smallest absolute Gasteiger partial charge is 0.329 e. The summed E-state index contributed by atoms with van der Waals surface area (Å²) >= 11 is 0. The van der Waals surface area contributed by atoms with E-state index >= 15 is 0 Å². The number of rotatable bonds is 10. The van der Waals surface area contributed by atoms with Crippen molar-refractivity contribution < 1.29 is 14.3 Å². The number of esters is 1. The molecule has 1 aromatic carbocycles. The number of carbonyl (C=O) groups excluding carboxylic acids is 2. The number of hydrogen-bond acceptors (Lipinski definition) is 5. The third-order valence-electron chi connectivity index (χ3n) is 3.09. The first kappa shape index (κ1) is 21.9. The van der Waals surface area contributed by atoms with Gasteiger partial charge in [0, 0.05) is 24.3 Å². The topological polar surface area (TPSA) is 55.4 Å². The Labute approximate surface area is 159 Å². The van der Waals surface area contributed by atoms with Crippen molar-refractivity contribution in [1.29, 1.82) is 0 Å². The van der Waals surface area contributed by atoms with E-state index in [0.717, 1.165) is 23.5 Å². The predicted octanol–water partition coefficient (Wildman–Crippen LogP) is 4.24. The van der Waals surface area contributed by atoms with Crippen LogP contribution in [0.25, 0.3) is 0 Å². The van der Waals surface area contributed by atoms with E-state index in [1.165, 1.54) is 0 Å². The fraction of sp³-hybridized carbons (Fsp3) is 0.579. The Hall–Kier alpha value is -1.14. The molecule has 0 heterocycles. The maximum atomic E-state index is 12.5. The summed E-state index contributed by atoms with van der Waals surface area (Å²) in [5, 5.41) is 2.84. The highest BCUT2D eigenvalue weighted by Crippen LogP contribution is 2.22. The molecule has 0 radical (unpaired) electrons. The zero-order chi connectivity index (χ0) is 18.7. The largest absolute Gasteiger partial charge is 0.458 e. The minimum atomic E-state index is -0.664. The number of hydrogen-bond donors (Lipinski definition) is 1. The minimum Gasteiger partial charge on any atom is -0.458 e. The van der Waals surface area contributed by atoms with Gasteiger partial charge in [0.05, 0.1) is 0 Å². The van der Waals surface area contributed by atoms with Crippen LogP contribution >= 0.6 is 21.6 Å². The molecule has 0 saturated heterocycles. The molecule has 1 atom stereocenters. The molecule has 0 aliphatic heterocycles. The molecule has 25 heavy (non-hydrogen) atoms. The van der Waals surface area contributed by atoms with Gasteiger partial charge in [-0.1, -0.05) is 58.8 Å². The molecule has 140 valence electrons. The summed E-state index contributed by atoms with van der Waals surface area (Å²) in [5.41, 5.74) is 0.412. The summed E-state index contributed by atoms with van der Waals surface area (Å²) in [6.45, 7) is 7.62. The van der Waals surface area contributed by atoms with Gasteiger partial charge in [-0.15, -0.1) is 0 Å². The summed E-state index contributed by atoms with van der Waals surface area (Å²) in [6.07, 6.45) is 1.95. The Kier molecular flexibility index (Phi) is 10.0. The van der Waals surface area contributed by atoms with E-state index in [1.54, 1.807) is 21.6 Å². The predicted molar refractivity (Wildman–Crippen MR) is 108 cm³/mol. The molecule has 0 spiro atoms. The molecule has 0 aromatic heterocycles. The highest BCUT2D eigenvalue weighted by atomic mass is 33.1. The van der Waals surface area contributed by atoms with E-state index in [9.17, 15) is 9.59 Å². The van der Waals surface area contributed by atoms with E-state index in [1.807, 2.05) is 51.1 Å². The van der Waals surface area contributed by atoms with Crippen molar-refractivity contribution in [2.45, 2.75) is 58.6 Å². The van der Waals surface area contributed by atoms with Gasteiger partial charge < -0.3 is 10.1 Å². The second-order valence-corrected chi connectivity index (χ2v) is 9.44. The Morgan fingerprint density at radius 2 is 1.76 bits per heavy atom. The van der Waals surface area contributed by atoms with Crippen LogP contribution in [0.1, 0.15) is 46.1 Å². The van der Waals surface area contributed by atoms with E-state index < -0.39 is 17.6 Å². The van der Waals surface area contributed by atoms with E-state index in [-0.39, 0.29) is 5.91 Å². The van der Waals surface area contributed by atoms with Crippen molar-refractivity contribution in [2.24, 2.45) is 0 Å². The van der Waals surface area contributed by atoms with Crippen molar-refractivity contribution >= 4 is 33.5 Å². The number of benzene rings is 1. The van der Waals surface area contributed by atoms with Crippen LogP contribution in [0.3, 0.4) is 0 Å². The van der Waals surface area contributed by atoms with Crippen LogP contribution in [0.2, 0.25) is 0 Å². The molecule has 0 fully saturated rings. The molecular formula is C19H29NO3S2. The average molecular weight is 384 g/mol. The SMILES string of the molecule is CCCSSCCC(=O)NC(Cc1ccccc1)C(=O)OC(C)(C)C. The molecule has 1 rings (SSSR count). The summed E-state index contributed by atoms with van der Waals surface area (Å²) < 4.78 is 5.47. The first-order valence-electron chi connectivity index (χ1n) is 8.62. The van der Waals surface area contributed by atoms with Crippen molar-refractivity contribution in [1.82, 2.24) is 5.32 Å². The van der Waals surface area contributed by atoms with E-state index in [4.69, 9.17) is 4.74 Å². The standard InChI is InChI=1S/C19H29NO3S2/c1-5-12-24-25-13-11-17(21)20-16(18(22)23-19(2,3)4)14-15-9-7-6-8-10-15/h6-10,16H,5,11-14H2,1-4H3,(H,20,21). The number of nitrogens with one attached hydrogen (secondary N) is 1. The summed E-state index contributed by atoms with van der Waals surface area (Å²) in [5.74, 6) is 1.32. The second kappa shape index (κ2) is 11.5. The van der Waals surface area contributed by atoms with Gasteiger partial charge in [0.1, 0.15) is 11.6 Å². The van der Waals surface area contributed by atoms with Crippen molar-refractivity contribution in [3.63, 3.8) is 0 Å². The Bertz CT molecular complexity index is 529. The average Bonchev–Trinajstić information content (AvgIpc) is 2.53. The van der Waals surface area contributed by atoms with Crippen LogP contribution in [-0.4, -0.2) is 35.0 Å². The molecule has 1 unspecified atom stereocenters. The maximum Gasteiger partial charge on any atom is 0.329 e. The Morgan fingerprint density at radius 1 is 1.12 bits per heavy atom. The molecule has 0 aliphatic rings. The third kappa shape index (κ3) is 10.4. The number of ether oxygens (including phenoxy) is 1. The highest BCUT2D eigenvalue weighted by molar-refractivity contribution is 8.76. The second-order valence-electron chi connectivity index (χ2n) is 6.74. The molecule has 1 aromatic rings. The quantitative estimate of drug-likeness (QED) is 0.372. The molecule has 1 amide bonds. The molecule has 4 nitrogen and oxygen atoms in total. The van der Waals surface area contributed by atoms with Gasteiger partial charge in [-0.05, 0) is 32.8 Å². The van der Waals surface area contributed by atoms with Crippen LogP contribution in [0.15, 0.2) is 30.3 Å². The Balaban J connectivity index is 2.61. The van der Waals surface area contributed by atoms with E-state index in [2.05, 4.69) is 12.2 Å². The zero-order valence-corrected chi connectivity index (χ0v) is 17.2. The lowest BCUT2D eigenvalue weighted by molar-refractivity contribution is -0.158. The van der Waals surface area contributed by atoms with Crippen LogP contribution < -0.4 is 5.32 Å². The first-order chi connectivity index (χ1) is 11.8. The Morgan fingerprint density at radius 3 is 2.36 bits per heavy atom. The molecule has 0 saturated carbocycles. The zero-order valence-electron chi connectivity index (χ0n) is 15.5. The van der Waals surface area contributed by atoms with Gasteiger partial charge in [-0.25, -0.2) is 4.79 Å². The van der Waals surface area contributed by atoms with Crippen LogP contribution in [0, 0.1) is 0 Å². The van der Waals surface area contributed by atoms with Gasteiger partial charge in [0.25, 0.3) is 0 Å². The van der Waals surface area contributed by atoms with Crippen molar-refractivity contribution in [3.05, 3.63) is 35.9 Å². The summed E-state index contributed by atoms with van der Waals surface area (Å²) in [6, 6.07) is 9.00. The summed E-state index contributed by atoms with van der Waals surface area (Å²) in [7, 11) is 3.47. The van der Waals surface area contributed by atoms with Gasteiger partial charge in [0.15, 0.2) is 0 Å². The maximum absolute atomic E-state index is 12.5. The van der Waals surface area contributed by atoms with E-state index in [0.29, 0.717) is 12.8 Å². The lowest BCUT2D eigenvalue weighted by Crippen LogP contribution is -2.45. The molecule has 0 bridgehead atoms. The first-order valence-corrected chi connectivity index (χ1v) is 11.1. The minimum absolute atomic E-state index is 0.114. The van der Waals surface area contributed by atoms with Gasteiger partial charge >= 0.3 is 5.97 Å². The normalized spacial score (nSPS) is 12.5. The van der Waals surface area contributed by atoms with Gasteiger partial charge in [-0.2, -0.15) is 0 Å². The molecule has 6 heteroatoms. The van der Waals surface area contributed by atoms with Gasteiger partial charge in [0.2, 0.25) is 5.91 Å². The fourth-order valence-corrected chi connectivity index (χ4v) is 4.15. The van der Waals surface area contributed by atoms with Crippen molar-refractivity contribution in [2.75, 3.05) is 11.5 Å². The molecule has 1 N–H and O–H groups in total. The lowest BCUT2D eigenvalue weighted by Gasteiger charge is -2.24. The number of amides is 1. The van der Waals surface area contributed by atoms with Crippen LogP contribution in [0.5, 0.6) is 0 Å². The lowest BCUT2D eigenvalue weighted by atomic mass is 10.1. The monoisotopic (exact) mass is 383 g/mol. The van der Waals surface area contributed by atoms with Gasteiger partial charge in [-0.3, -0.25) is 4.79 Å². The van der Waals surface area contributed by atoms with Crippen molar-refractivity contribution in [3.8, 4) is 0 Å². The highest BCUT2D eigenvalue weighted by Gasteiger charge is 2.26.